The van der Waals surface area contributed by atoms with Crippen LogP contribution in [-0.2, 0) is 14.3 Å². The largest absolute Gasteiger partial charge is 0.481 e. The summed E-state index contributed by atoms with van der Waals surface area (Å²) in [6, 6.07) is 9.08. The monoisotopic (exact) mass is 425 g/mol. The lowest BCUT2D eigenvalue weighted by atomic mass is 9.76. The van der Waals surface area contributed by atoms with Gasteiger partial charge in [0.05, 0.1) is 23.9 Å². The van der Waals surface area contributed by atoms with Crippen molar-refractivity contribution in [3.8, 4) is 0 Å². The summed E-state index contributed by atoms with van der Waals surface area (Å²) < 4.78 is 10.6. The molecule has 0 spiro atoms. The van der Waals surface area contributed by atoms with Crippen molar-refractivity contribution >= 4 is 29.4 Å². The summed E-state index contributed by atoms with van der Waals surface area (Å²) in [5.41, 5.74) is 4.19. The number of carbonyl (C=O) groups excluding carboxylic acids is 3. The Kier molecular flexibility index (Phi) is 5.07. The van der Waals surface area contributed by atoms with E-state index in [4.69, 9.17) is 9.15 Å². The van der Waals surface area contributed by atoms with Gasteiger partial charge in [0, 0.05) is 11.3 Å². The molecule has 1 fully saturated rings. The molecule has 10 heteroatoms. The summed E-state index contributed by atoms with van der Waals surface area (Å²) in [5, 5.41) is 12.1. The predicted molar refractivity (Wildman–Crippen MR) is 106 cm³/mol. The maximum absolute atomic E-state index is 12.6. The van der Waals surface area contributed by atoms with Gasteiger partial charge >= 0.3 is 5.97 Å². The van der Waals surface area contributed by atoms with Crippen LogP contribution in [0.3, 0.4) is 0 Å². The van der Waals surface area contributed by atoms with Gasteiger partial charge in [-0.2, -0.15) is 0 Å². The van der Waals surface area contributed by atoms with Gasteiger partial charge in [-0.05, 0) is 43.3 Å². The third kappa shape index (κ3) is 3.80. The maximum atomic E-state index is 12.6. The Morgan fingerprint density at radius 2 is 1.77 bits per heavy atom. The van der Waals surface area contributed by atoms with Crippen LogP contribution in [0.5, 0.6) is 0 Å². The lowest BCUT2D eigenvalue weighted by Crippen LogP contribution is -2.52. The second-order valence-electron chi connectivity index (χ2n) is 7.42. The van der Waals surface area contributed by atoms with Gasteiger partial charge in [0.1, 0.15) is 5.92 Å². The summed E-state index contributed by atoms with van der Waals surface area (Å²) >= 11 is 0. The Morgan fingerprint density at radius 1 is 1.03 bits per heavy atom. The summed E-state index contributed by atoms with van der Waals surface area (Å²) in [6.07, 6.45) is 4.00. The van der Waals surface area contributed by atoms with Gasteiger partial charge in [-0.3, -0.25) is 30.0 Å². The fourth-order valence-electron chi connectivity index (χ4n) is 3.85. The molecule has 1 aromatic carbocycles. The van der Waals surface area contributed by atoms with Gasteiger partial charge in [0.2, 0.25) is 5.91 Å². The minimum absolute atomic E-state index is 0.150. The molecular formula is C21H19N3O7. The highest BCUT2D eigenvalue weighted by molar-refractivity contribution is 6.02. The molecule has 4 N–H and O–H groups in total. The van der Waals surface area contributed by atoms with Crippen molar-refractivity contribution < 1.29 is 33.4 Å². The Bertz CT molecular complexity index is 1060. The van der Waals surface area contributed by atoms with E-state index >= 15 is 0 Å². The molecule has 0 unspecified atom stereocenters. The van der Waals surface area contributed by atoms with Crippen LogP contribution in [0.25, 0.3) is 0 Å². The van der Waals surface area contributed by atoms with Crippen LogP contribution in [0.15, 0.2) is 59.2 Å². The number of carboxylic acid groups (broad SMARTS) is 1. The molecule has 4 atom stereocenters. The predicted octanol–water partition coefficient (Wildman–Crippen LogP) is 1.34. The van der Waals surface area contributed by atoms with E-state index < -0.39 is 47.2 Å². The van der Waals surface area contributed by atoms with Crippen molar-refractivity contribution in [1.29, 1.82) is 0 Å². The molecule has 1 saturated heterocycles. The van der Waals surface area contributed by atoms with E-state index in [1.165, 1.54) is 36.6 Å². The average molecular weight is 425 g/mol. The number of aliphatic carboxylic acids is 1. The number of ether oxygens (including phenoxy) is 1. The van der Waals surface area contributed by atoms with E-state index in [0.29, 0.717) is 5.69 Å². The number of rotatable bonds is 5. The molecule has 4 rings (SSSR count). The Balaban J connectivity index is 1.35. The molecule has 31 heavy (non-hydrogen) atoms. The van der Waals surface area contributed by atoms with Crippen molar-refractivity contribution in [2.75, 3.05) is 5.32 Å². The summed E-state index contributed by atoms with van der Waals surface area (Å²) in [7, 11) is 0. The minimum Gasteiger partial charge on any atom is -0.481 e. The number of anilines is 1. The first-order chi connectivity index (χ1) is 14.8. The minimum atomic E-state index is -1.14. The highest BCUT2D eigenvalue weighted by Gasteiger charge is 2.59. The number of hydrogen-bond donors (Lipinski definition) is 4. The van der Waals surface area contributed by atoms with Crippen LogP contribution in [0.2, 0.25) is 0 Å². The molecule has 0 saturated carbocycles. The van der Waals surface area contributed by atoms with Crippen LogP contribution >= 0.6 is 0 Å². The molecule has 1 aromatic heterocycles. The molecule has 2 aliphatic heterocycles. The Hall–Kier alpha value is -3.92. The molecule has 3 amide bonds. The molecule has 2 bridgehead atoms. The van der Waals surface area contributed by atoms with Crippen molar-refractivity contribution in [2.45, 2.75) is 18.6 Å². The number of furan rings is 1. The number of nitrogens with one attached hydrogen (secondary N) is 3. The fourth-order valence-corrected chi connectivity index (χ4v) is 3.85. The summed E-state index contributed by atoms with van der Waals surface area (Å²) in [5.74, 6) is -4.71. The molecule has 2 aromatic rings. The van der Waals surface area contributed by atoms with Crippen LogP contribution in [-0.4, -0.2) is 40.5 Å². The second kappa shape index (κ2) is 7.73. The first kappa shape index (κ1) is 20.4. The van der Waals surface area contributed by atoms with Gasteiger partial charge in [-0.15, -0.1) is 0 Å². The van der Waals surface area contributed by atoms with Crippen molar-refractivity contribution in [3.63, 3.8) is 0 Å². The number of amides is 3. The highest BCUT2D eigenvalue weighted by atomic mass is 16.5. The number of carboxylic acids is 1. The van der Waals surface area contributed by atoms with Gasteiger partial charge in [0.25, 0.3) is 11.8 Å². The van der Waals surface area contributed by atoms with Crippen LogP contribution < -0.4 is 16.2 Å². The van der Waals surface area contributed by atoms with E-state index in [1.54, 1.807) is 25.1 Å². The first-order valence-corrected chi connectivity index (χ1v) is 9.43. The zero-order chi connectivity index (χ0) is 22.2. The van der Waals surface area contributed by atoms with Crippen LogP contribution in [0.1, 0.15) is 27.8 Å². The zero-order valence-electron chi connectivity index (χ0n) is 16.3. The third-order valence-corrected chi connectivity index (χ3v) is 5.35. The summed E-state index contributed by atoms with van der Waals surface area (Å²) in [4.78, 5) is 48.5. The molecule has 10 nitrogen and oxygen atoms in total. The van der Waals surface area contributed by atoms with Crippen LogP contribution in [0, 0.1) is 11.8 Å². The van der Waals surface area contributed by atoms with Crippen molar-refractivity contribution in [2.24, 2.45) is 11.8 Å². The van der Waals surface area contributed by atoms with Gasteiger partial charge in [-0.25, -0.2) is 0 Å². The van der Waals surface area contributed by atoms with E-state index in [1.807, 2.05) is 0 Å². The normalized spacial score (nSPS) is 25.8. The number of fused-ring (bicyclic) bond motifs is 2. The Morgan fingerprint density at radius 3 is 2.42 bits per heavy atom. The quantitative estimate of drug-likeness (QED) is 0.417. The highest BCUT2D eigenvalue weighted by Crippen LogP contribution is 2.46. The van der Waals surface area contributed by atoms with Gasteiger partial charge in [-0.1, -0.05) is 12.2 Å². The fraction of sp³-hybridized carbons (Fsp3) is 0.238. The zero-order valence-corrected chi connectivity index (χ0v) is 16.3. The topological polar surface area (TPSA) is 147 Å². The van der Waals surface area contributed by atoms with Crippen molar-refractivity contribution in [1.82, 2.24) is 10.9 Å². The van der Waals surface area contributed by atoms with Crippen LogP contribution in [0.4, 0.5) is 5.69 Å². The number of carbonyl (C=O) groups is 4. The Labute approximate surface area is 176 Å². The standard InChI is InChI=1S/C21H19N3O7/c1-21-9-8-13(31-21)15(20(28)29)16(21)19(27)24-23-17(25)11-4-6-12(7-5-11)22-18(26)14-3-2-10-30-14/h2-10,13,15-16H,1H3,(H,22,26)(H,23,25)(H,24,27)(H,28,29)/t13-,15-,16-,21+/m1/s1. The molecule has 160 valence electrons. The molecule has 0 aliphatic carbocycles. The second-order valence-corrected chi connectivity index (χ2v) is 7.42. The smallest absolute Gasteiger partial charge is 0.310 e. The van der Waals surface area contributed by atoms with E-state index in [9.17, 15) is 24.3 Å². The molecule has 0 radical (unpaired) electrons. The average Bonchev–Trinajstić information content (AvgIpc) is 3.46. The first-order valence-electron chi connectivity index (χ1n) is 9.43. The molecule has 3 heterocycles. The van der Waals surface area contributed by atoms with E-state index in [0.717, 1.165) is 0 Å². The summed E-state index contributed by atoms with van der Waals surface area (Å²) in [6.45, 7) is 1.63. The van der Waals surface area contributed by atoms with Crippen molar-refractivity contribution in [3.05, 3.63) is 66.1 Å². The third-order valence-electron chi connectivity index (χ3n) is 5.35. The number of hydrogen-bond acceptors (Lipinski definition) is 6. The van der Waals surface area contributed by atoms with Gasteiger partial charge in [0.15, 0.2) is 5.76 Å². The molecule has 2 aliphatic rings. The molecular weight excluding hydrogens is 406 g/mol. The lowest BCUT2D eigenvalue weighted by Gasteiger charge is -2.27. The number of benzene rings is 1. The van der Waals surface area contributed by atoms with E-state index in [2.05, 4.69) is 16.2 Å². The maximum Gasteiger partial charge on any atom is 0.310 e. The number of hydrazine groups is 1. The lowest BCUT2D eigenvalue weighted by molar-refractivity contribution is -0.147. The SMILES string of the molecule is C[C@@]12C=C[C@@H](O1)[C@@H](C(=O)O)[C@@H]2C(=O)NNC(=O)c1ccc(NC(=O)c2ccco2)cc1. The van der Waals surface area contributed by atoms with Gasteiger partial charge < -0.3 is 19.6 Å². The van der Waals surface area contributed by atoms with E-state index in [-0.39, 0.29) is 11.3 Å².